The molecule has 1 aliphatic rings. The molecule has 1 amide bonds. The van der Waals surface area contributed by atoms with E-state index in [4.69, 9.17) is 5.11 Å². The summed E-state index contributed by atoms with van der Waals surface area (Å²) in [5.41, 5.74) is 4.39. The van der Waals surface area contributed by atoms with Crippen LogP contribution in [0.1, 0.15) is 30.9 Å². The van der Waals surface area contributed by atoms with Crippen molar-refractivity contribution in [3.63, 3.8) is 0 Å². The highest BCUT2D eigenvalue weighted by atomic mass is 19.2. The maximum Gasteiger partial charge on any atom is 0.511 e. The SMILES string of the molecule is CC(C)c1ccc(N2C(=O)C(=NNc3cccc(-c4cccc(OC(=O)O)c4)c3O)c3c2ccc(F)c3F)cc1. The molecule has 0 radical (unpaired) electrons. The number of fused-ring (bicyclic) bond motifs is 1. The molecule has 3 N–H and O–H groups in total. The van der Waals surface area contributed by atoms with Crippen molar-refractivity contribution in [2.24, 2.45) is 5.10 Å². The van der Waals surface area contributed by atoms with Crippen LogP contribution in [-0.2, 0) is 4.79 Å². The standard InChI is InChI=1S/C30H23F2N3O5/c1-16(2)17-9-11-19(12-10-17)35-24-14-13-22(31)26(32)25(24)27(29(35)37)34-33-23-8-4-7-21(28(23)36)18-5-3-6-20(15-18)40-30(38)39/h3-16,33,36H,1-2H3,(H,38,39). The number of nitrogens with zero attached hydrogens (tertiary/aromatic N) is 2. The van der Waals surface area contributed by atoms with Gasteiger partial charge in [-0.3, -0.25) is 15.1 Å². The second-order valence-corrected chi connectivity index (χ2v) is 9.31. The molecule has 0 spiro atoms. The van der Waals surface area contributed by atoms with E-state index in [0.29, 0.717) is 16.8 Å². The highest BCUT2D eigenvalue weighted by molar-refractivity contribution is 6.55. The molecule has 0 bridgehead atoms. The number of aromatic hydroxyl groups is 1. The number of benzene rings is 4. The second kappa shape index (κ2) is 10.5. The van der Waals surface area contributed by atoms with Crippen molar-refractivity contribution in [3.8, 4) is 22.6 Å². The minimum Gasteiger partial charge on any atom is -0.505 e. The smallest absolute Gasteiger partial charge is 0.505 e. The van der Waals surface area contributed by atoms with Gasteiger partial charge in [-0.25, -0.2) is 13.6 Å². The molecule has 202 valence electrons. The van der Waals surface area contributed by atoms with E-state index in [1.54, 1.807) is 36.4 Å². The van der Waals surface area contributed by atoms with Gasteiger partial charge in [0.15, 0.2) is 17.3 Å². The number of halogens is 2. The van der Waals surface area contributed by atoms with Crippen molar-refractivity contribution in [2.75, 3.05) is 10.3 Å². The molecule has 0 aliphatic carbocycles. The Bertz CT molecular complexity index is 1670. The van der Waals surface area contributed by atoms with Gasteiger partial charge in [0, 0.05) is 11.3 Å². The summed E-state index contributed by atoms with van der Waals surface area (Å²) in [6.07, 6.45) is -1.48. The number of carbonyl (C=O) groups excluding carboxylic acids is 1. The van der Waals surface area contributed by atoms with E-state index in [2.05, 4.69) is 15.3 Å². The number of hydrazone groups is 1. The molecule has 0 saturated carbocycles. The van der Waals surface area contributed by atoms with Crippen molar-refractivity contribution >= 4 is 34.8 Å². The number of phenols is 1. The summed E-state index contributed by atoms with van der Waals surface area (Å²) in [5, 5.41) is 23.9. The highest BCUT2D eigenvalue weighted by Gasteiger charge is 2.39. The molecule has 0 unspecified atom stereocenters. The van der Waals surface area contributed by atoms with Crippen LogP contribution in [0.5, 0.6) is 11.5 Å². The van der Waals surface area contributed by atoms with Gasteiger partial charge in [0.2, 0.25) is 0 Å². The third-order valence-electron chi connectivity index (χ3n) is 6.45. The predicted octanol–water partition coefficient (Wildman–Crippen LogP) is 7.01. The lowest BCUT2D eigenvalue weighted by Gasteiger charge is -2.18. The average molecular weight is 544 g/mol. The monoisotopic (exact) mass is 543 g/mol. The number of anilines is 3. The van der Waals surface area contributed by atoms with Crippen LogP contribution in [0.2, 0.25) is 0 Å². The Kier molecular flexibility index (Phi) is 6.91. The lowest BCUT2D eigenvalue weighted by Crippen LogP contribution is -2.26. The molecule has 1 heterocycles. The number of carboxylic acid groups (broad SMARTS) is 1. The van der Waals surface area contributed by atoms with Crippen LogP contribution in [0.15, 0.2) is 84.0 Å². The van der Waals surface area contributed by atoms with E-state index < -0.39 is 23.7 Å². The van der Waals surface area contributed by atoms with E-state index in [1.807, 2.05) is 26.0 Å². The number of carbonyl (C=O) groups is 2. The first-order valence-corrected chi connectivity index (χ1v) is 12.3. The summed E-state index contributed by atoms with van der Waals surface area (Å²) >= 11 is 0. The topological polar surface area (TPSA) is 111 Å². The zero-order valence-corrected chi connectivity index (χ0v) is 21.4. The van der Waals surface area contributed by atoms with Crippen molar-refractivity contribution < 1.29 is 33.3 Å². The fourth-order valence-corrected chi connectivity index (χ4v) is 4.45. The van der Waals surface area contributed by atoms with E-state index in [0.717, 1.165) is 11.6 Å². The number of hydrogen-bond acceptors (Lipinski definition) is 6. The summed E-state index contributed by atoms with van der Waals surface area (Å²) in [7, 11) is 0. The van der Waals surface area contributed by atoms with Crippen molar-refractivity contribution in [2.45, 2.75) is 19.8 Å². The molecule has 0 saturated heterocycles. The van der Waals surface area contributed by atoms with Gasteiger partial charge in [0.1, 0.15) is 11.5 Å². The lowest BCUT2D eigenvalue weighted by molar-refractivity contribution is -0.111. The number of phenolic OH excluding ortho intramolecular Hbond substituents is 1. The quantitative estimate of drug-likeness (QED) is 0.104. The Morgan fingerprint density at radius 1 is 1.00 bits per heavy atom. The van der Waals surface area contributed by atoms with Crippen LogP contribution in [0.4, 0.5) is 30.6 Å². The number of amides is 1. The molecule has 0 atom stereocenters. The molecular formula is C30H23F2N3O5. The van der Waals surface area contributed by atoms with Crippen LogP contribution < -0.4 is 15.1 Å². The van der Waals surface area contributed by atoms with Crippen molar-refractivity contribution in [1.29, 1.82) is 0 Å². The third-order valence-corrected chi connectivity index (χ3v) is 6.45. The maximum atomic E-state index is 15.0. The molecule has 10 heteroatoms. The summed E-state index contributed by atoms with van der Waals surface area (Å²) in [6.45, 7) is 4.07. The molecule has 0 fully saturated rings. The van der Waals surface area contributed by atoms with Gasteiger partial charge in [-0.15, -0.1) is 0 Å². The van der Waals surface area contributed by atoms with E-state index >= 15 is 4.39 Å². The van der Waals surface area contributed by atoms with Gasteiger partial charge in [-0.2, -0.15) is 5.10 Å². The predicted molar refractivity (Wildman–Crippen MR) is 146 cm³/mol. The van der Waals surface area contributed by atoms with Gasteiger partial charge in [-0.05, 0) is 59.5 Å². The van der Waals surface area contributed by atoms with Gasteiger partial charge in [-0.1, -0.05) is 50.2 Å². The highest BCUT2D eigenvalue weighted by Crippen LogP contribution is 2.40. The van der Waals surface area contributed by atoms with Crippen LogP contribution in [0, 0.1) is 11.6 Å². The number of para-hydroxylation sites is 1. The zero-order valence-electron chi connectivity index (χ0n) is 21.4. The molecular weight excluding hydrogens is 520 g/mol. The molecule has 4 aromatic carbocycles. The first-order valence-electron chi connectivity index (χ1n) is 12.3. The number of hydrogen-bond donors (Lipinski definition) is 3. The minimum absolute atomic E-state index is 0.0511. The van der Waals surface area contributed by atoms with Crippen molar-refractivity contribution in [3.05, 3.63) is 102 Å². The zero-order chi connectivity index (χ0) is 28.6. The van der Waals surface area contributed by atoms with Crippen LogP contribution in [-0.4, -0.2) is 28.0 Å². The first-order chi connectivity index (χ1) is 19.2. The Labute approximate surface area is 227 Å². The molecule has 4 aromatic rings. The molecule has 5 rings (SSSR count). The van der Waals surface area contributed by atoms with Crippen LogP contribution in [0.3, 0.4) is 0 Å². The molecule has 40 heavy (non-hydrogen) atoms. The maximum absolute atomic E-state index is 15.0. The molecule has 0 aromatic heterocycles. The van der Waals surface area contributed by atoms with E-state index in [-0.39, 0.29) is 40.1 Å². The summed E-state index contributed by atoms with van der Waals surface area (Å²) < 4.78 is 34.0. The van der Waals surface area contributed by atoms with Gasteiger partial charge in [0.25, 0.3) is 5.91 Å². The van der Waals surface area contributed by atoms with Gasteiger partial charge >= 0.3 is 6.16 Å². The van der Waals surface area contributed by atoms with E-state index in [1.165, 1.54) is 29.2 Å². The van der Waals surface area contributed by atoms with Crippen LogP contribution in [0.25, 0.3) is 11.1 Å². The van der Waals surface area contributed by atoms with Gasteiger partial charge in [0.05, 0.1) is 16.9 Å². The Balaban J connectivity index is 1.52. The summed E-state index contributed by atoms with van der Waals surface area (Å²) in [4.78, 5) is 25.6. The van der Waals surface area contributed by atoms with Crippen LogP contribution >= 0.6 is 0 Å². The van der Waals surface area contributed by atoms with Crippen molar-refractivity contribution in [1.82, 2.24) is 0 Å². The average Bonchev–Trinajstić information content (AvgIpc) is 3.21. The minimum atomic E-state index is -1.48. The normalized spacial score (nSPS) is 13.6. The fourth-order valence-electron chi connectivity index (χ4n) is 4.45. The number of rotatable bonds is 6. The summed E-state index contributed by atoms with van der Waals surface area (Å²) in [6, 6.07) is 20.2. The largest absolute Gasteiger partial charge is 0.511 e. The van der Waals surface area contributed by atoms with E-state index in [9.17, 15) is 19.1 Å². The fraction of sp³-hybridized carbons (Fsp3) is 0.100. The molecule has 8 nitrogen and oxygen atoms in total. The Morgan fingerprint density at radius 3 is 2.42 bits per heavy atom. The Hall–Kier alpha value is -5.25. The third kappa shape index (κ3) is 4.82. The second-order valence-electron chi connectivity index (χ2n) is 9.31. The number of ether oxygens (including phenoxy) is 1. The van der Waals surface area contributed by atoms with Gasteiger partial charge < -0.3 is 14.9 Å². The number of nitrogens with one attached hydrogen (secondary N) is 1. The lowest BCUT2D eigenvalue weighted by atomic mass is 10.0. The molecule has 1 aliphatic heterocycles. The summed E-state index contributed by atoms with van der Waals surface area (Å²) in [5.74, 6) is -3.00. The Morgan fingerprint density at radius 2 is 1.73 bits per heavy atom. The first kappa shape index (κ1) is 26.4.